The molecule has 118 valence electrons. The zero-order valence-corrected chi connectivity index (χ0v) is 13.1. The van der Waals surface area contributed by atoms with Crippen molar-refractivity contribution in [3.8, 4) is 0 Å². The molecule has 1 amide bonds. The molecule has 1 saturated heterocycles. The first kappa shape index (κ1) is 16.0. The summed E-state index contributed by atoms with van der Waals surface area (Å²) in [6.07, 6.45) is 6.01. The van der Waals surface area contributed by atoms with E-state index in [1.807, 2.05) is 23.9 Å². The summed E-state index contributed by atoms with van der Waals surface area (Å²) in [6.45, 7) is 7.45. The number of carbonyl (C=O) groups is 1. The molecule has 0 aromatic carbocycles. The number of ether oxygens (including phenoxy) is 1. The topological polar surface area (TPSA) is 68.2 Å². The third-order valence-corrected chi connectivity index (χ3v) is 4.10. The Kier molecular flexibility index (Phi) is 5.76. The largest absolute Gasteiger partial charge is 0.376 e. The fourth-order valence-electron chi connectivity index (χ4n) is 2.53. The highest BCUT2D eigenvalue weighted by molar-refractivity contribution is 5.81. The van der Waals surface area contributed by atoms with E-state index in [1.54, 1.807) is 6.20 Å². The van der Waals surface area contributed by atoms with Crippen LogP contribution in [0.4, 0.5) is 0 Å². The molecule has 0 radical (unpaired) electrons. The molecule has 0 spiro atoms. The Balaban J connectivity index is 1.74. The summed E-state index contributed by atoms with van der Waals surface area (Å²) < 4.78 is 7.40. The molecule has 0 saturated carbocycles. The summed E-state index contributed by atoms with van der Waals surface area (Å²) in [5, 5.41) is 10.5. The lowest BCUT2D eigenvalue weighted by atomic mass is 10.1. The number of hydrogen-bond donors (Lipinski definition) is 2. The van der Waals surface area contributed by atoms with Crippen molar-refractivity contribution in [2.45, 2.75) is 57.8 Å². The highest BCUT2D eigenvalue weighted by atomic mass is 16.5. The van der Waals surface area contributed by atoms with E-state index in [-0.39, 0.29) is 30.1 Å². The van der Waals surface area contributed by atoms with Crippen molar-refractivity contribution < 1.29 is 9.53 Å². The van der Waals surface area contributed by atoms with Crippen molar-refractivity contribution in [1.29, 1.82) is 0 Å². The summed E-state index contributed by atoms with van der Waals surface area (Å²) in [4.78, 5) is 12.1. The van der Waals surface area contributed by atoms with E-state index < -0.39 is 0 Å². The van der Waals surface area contributed by atoms with E-state index in [4.69, 9.17) is 4.74 Å². The van der Waals surface area contributed by atoms with Gasteiger partial charge in [0.1, 0.15) is 0 Å². The van der Waals surface area contributed by atoms with E-state index in [1.165, 1.54) is 0 Å². The average molecular weight is 294 g/mol. The molecule has 1 aliphatic heterocycles. The van der Waals surface area contributed by atoms with Gasteiger partial charge in [-0.2, -0.15) is 5.10 Å². The minimum Gasteiger partial charge on any atom is -0.376 e. The van der Waals surface area contributed by atoms with Gasteiger partial charge in [-0.3, -0.25) is 9.48 Å². The molecule has 0 bridgehead atoms. The van der Waals surface area contributed by atoms with Gasteiger partial charge in [-0.25, -0.2) is 0 Å². The molecule has 2 rings (SSSR count). The molecule has 21 heavy (non-hydrogen) atoms. The monoisotopic (exact) mass is 294 g/mol. The number of aromatic nitrogens is 2. The highest BCUT2D eigenvalue weighted by Gasteiger charge is 2.22. The molecular weight excluding hydrogens is 268 g/mol. The predicted octanol–water partition coefficient (Wildman–Crippen LogP) is 1.11. The van der Waals surface area contributed by atoms with Gasteiger partial charge in [0, 0.05) is 31.6 Å². The van der Waals surface area contributed by atoms with Crippen LogP contribution in [-0.2, 0) is 9.53 Å². The summed E-state index contributed by atoms with van der Waals surface area (Å²) in [7, 11) is 0. The first-order chi connectivity index (χ1) is 10.1. The molecule has 1 fully saturated rings. The lowest BCUT2D eigenvalue weighted by Gasteiger charge is -2.25. The van der Waals surface area contributed by atoms with Crippen LogP contribution < -0.4 is 10.6 Å². The number of nitrogens with one attached hydrogen (secondary N) is 2. The van der Waals surface area contributed by atoms with Crippen LogP contribution in [0, 0.1) is 0 Å². The second-order valence-corrected chi connectivity index (χ2v) is 5.78. The minimum absolute atomic E-state index is 0.0185. The minimum atomic E-state index is -0.237. The first-order valence-corrected chi connectivity index (χ1v) is 7.72. The Bertz CT molecular complexity index is 429. The Hall–Kier alpha value is -1.40. The lowest BCUT2D eigenvalue weighted by molar-refractivity contribution is -0.123. The van der Waals surface area contributed by atoms with Crippen molar-refractivity contribution in [2.24, 2.45) is 0 Å². The summed E-state index contributed by atoms with van der Waals surface area (Å²) >= 11 is 0. The van der Waals surface area contributed by atoms with E-state index >= 15 is 0 Å². The first-order valence-electron chi connectivity index (χ1n) is 7.72. The lowest BCUT2D eigenvalue weighted by Crippen LogP contribution is -2.49. The van der Waals surface area contributed by atoms with Gasteiger partial charge < -0.3 is 15.4 Å². The number of nitrogens with zero attached hydrogens (tertiary/aromatic N) is 2. The number of rotatable bonds is 7. The molecule has 6 nitrogen and oxygen atoms in total. The third kappa shape index (κ3) is 4.54. The van der Waals surface area contributed by atoms with E-state index in [9.17, 15) is 4.79 Å². The van der Waals surface area contributed by atoms with Crippen LogP contribution in [0.2, 0.25) is 0 Å². The van der Waals surface area contributed by atoms with Gasteiger partial charge in [0.25, 0.3) is 0 Å². The van der Waals surface area contributed by atoms with Gasteiger partial charge in [-0.1, -0.05) is 0 Å². The molecule has 6 heteroatoms. The van der Waals surface area contributed by atoms with Gasteiger partial charge in [0.2, 0.25) is 5.91 Å². The second kappa shape index (κ2) is 7.56. The fraction of sp³-hybridized carbons (Fsp3) is 0.733. The molecule has 1 aromatic heterocycles. The smallest absolute Gasteiger partial charge is 0.236 e. The number of carbonyl (C=O) groups excluding carboxylic acids is 1. The highest BCUT2D eigenvalue weighted by Crippen LogP contribution is 2.11. The van der Waals surface area contributed by atoms with E-state index in [2.05, 4.69) is 29.6 Å². The average Bonchev–Trinajstić information content (AvgIpc) is 3.16. The Labute approximate surface area is 126 Å². The number of amides is 1. The molecule has 0 unspecified atom stereocenters. The normalized spacial score (nSPS) is 22.7. The van der Waals surface area contributed by atoms with Crippen molar-refractivity contribution in [2.75, 3.05) is 13.2 Å². The van der Waals surface area contributed by atoms with Crippen molar-refractivity contribution in [1.82, 2.24) is 20.4 Å². The van der Waals surface area contributed by atoms with Crippen LogP contribution in [0.5, 0.6) is 0 Å². The van der Waals surface area contributed by atoms with E-state index in [0.29, 0.717) is 6.54 Å². The summed E-state index contributed by atoms with van der Waals surface area (Å²) in [5.41, 5.74) is 0. The molecule has 0 aliphatic carbocycles. The molecule has 1 aromatic rings. The second-order valence-electron chi connectivity index (χ2n) is 5.78. The number of hydrogen-bond acceptors (Lipinski definition) is 4. The predicted molar refractivity (Wildman–Crippen MR) is 81.0 cm³/mol. The van der Waals surface area contributed by atoms with Crippen molar-refractivity contribution >= 4 is 5.91 Å². The molecule has 2 N–H and O–H groups in total. The van der Waals surface area contributed by atoms with Crippen LogP contribution in [0.15, 0.2) is 18.5 Å². The molecule has 4 atom stereocenters. The zero-order chi connectivity index (χ0) is 15.2. The SMILES string of the molecule is C[C@H](N[C@H](C)[C@H](C)n1cccn1)C(=O)NC[C@H]1CCCO1. The van der Waals surface area contributed by atoms with Gasteiger partial charge >= 0.3 is 0 Å². The third-order valence-electron chi connectivity index (χ3n) is 4.10. The van der Waals surface area contributed by atoms with Gasteiger partial charge in [-0.15, -0.1) is 0 Å². The standard InChI is InChI=1S/C15H26N4O2/c1-11(13(3)19-8-5-7-17-19)18-12(2)15(20)16-10-14-6-4-9-21-14/h5,7-8,11-14,18H,4,6,9-10H2,1-3H3,(H,16,20)/t11-,12+,13+,14-/m1/s1. The van der Waals surface area contributed by atoms with Crippen LogP contribution in [0.25, 0.3) is 0 Å². The quantitative estimate of drug-likeness (QED) is 0.790. The maximum absolute atomic E-state index is 12.1. The van der Waals surface area contributed by atoms with Gasteiger partial charge in [0.05, 0.1) is 18.2 Å². The summed E-state index contributed by atoms with van der Waals surface area (Å²) in [6, 6.07) is 2.00. The van der Waals surface area contributed by atoms with Gasteiger partial charge in [0.15, 0.2) is 0 Å². The Morgan fingerprint density at radius 3 is 2.90 bits per heavy atom. The Morgan fingerprint density at radius 1 is 1.48 bits per heavy atom. The maximum atomic E-state index is 12.1. The van der Waals surface area contributed by atoms with Crippen LogP contribution in [0.1, 0.15) is 39.7 Å². The molecule has 1 aliphatic rings. The maximum Gasteiger partial charge on any atom is 0.236 e. The zero-order valence-electron chi connectivity index (χ0n) is 13.1. The molecular formula is C15H26N4O2. The Morgan fingerprint density at radius 2 is 2.29 bits per heavy atom. The van der Waals surface area contributed by atoms with Crippen molar-refractivity contribution in [3.63, 3.8) is 0 Å². The molecule has 2 heterocycles. The van der Waals surface area contributed by atoms with Crippen molar-refractivity contribution in [3.05, 3.63) is 18.5 Å². The van der Waals surface area contributed by atoms with Gasteiger partial charge in [-0.05, 0) is 39.7 Å². The van der Waals surface area contributed by atoms with Crippen LogP contribution >= 0.6 is 0 Å². The van der Waals surface area contributed by atoms with Crippen LogP contribution in [0.3, 0.4) is 0 Å². The van der Waals surface area contributed by atoms with Crippen LogP contribution in [-0.4, -0.2) is 47.0 Å². The van der Waals surface area contributed by atoms with E-state index in [0.717, 1.165) is 19.4 Å². The fourth-order valence-corrected chi connectivity index (χ4v) is 2.53. The summed E-state index contributed by atoms with van der Waals surface area (Å²) in [5.74, 6) is 0.0185.